The predicted octanol–water partition coefficient (Wildman–Crippen LogP) is 3.32. The van der Waals surface area contributed by atoms with Crippen molar-refractivity contribution in [2.24, 2.45) is 0 Å². The molecule has 7 heteroatoms. The van der Waals surface area contributed by atoms with Crippen LogP contribution >= 0.6 is 0 Å². The molecule has 0 radical (unpaired) electrons. The van der Waals surface area contributed by atoms with Gasteiger partial charge in [-0.3, -0.25) is 4.79 Å². The van der Waals surface area contributed by atoms with E-state index in [9.17, 15) is 13.2 Å². The van der Waals surface area contributed by atoms with E-state index in [-0.39, 0.29) is 23.5 Å². The predicted molar refractivity (Wildman–Crippen MR) is 106 cm³/mol. The minimum atomic E-state index is -3.71. The van der Waals surface area contributed by atoms with Crippen LogP contribution < -0.4 is 10.0 Å². The van der Waals surface area contributed by atoms with Crippen LogP contribution in [-0.4, -0.2) is 28.0 Å². The number of methoxy groups -OCH3 is 1. The second kappa shape index (κ2) is 9.12. The molecule has 1 atom stereocenters. The van der Waals surface area contributed by atoms with Crippen LogP contribution in [0.1, 0.15) is 36.1 Å². The molecular formula is C20H26N2O4S. The first-order valence-corrected chi connectivity index (χ1v) is 10.2. The van der Waals surface area contributed by atoms with Gasteiger partial charge >= 0.3 is 0 Å². The highest BCUT2D eigenvalue weighted by Crippen LogP contribution is 2.23. The topological polar surface area (TPSA) is 84.5 Å². The maximum Gasteiger partial charge on any atom is 0.240 e. The lowest BCUT2D eigenvalue weighted by Gasteiger charge is -2.19. The van der Waals surface area contributed by atoms with Crippen LogP contribution in [0.25, 0.3) is 0 Å². The summed E-state index contributed by atoms with van der Waals surface area (Å²) in [7, 11) is -2.15. The van der Waals surface area contributed by atoms with Gasteiger partial charge < -0.3 is 10.1 Å². The first kappa shape index (κ1) is 21.1. The maximum atomic E-state index is 12.7. The molecule has 2 rings (SSSR count). The van der Waals surface area contributed by atoms with Gasteiger partial charge in [0.25, 0.3) is 0 Å². The average molecular weight is 391 g/mol. The first-order valence-electron chi connectivity index (χ1n) is 8.77. The van der Waals surface area contributed by atoms with E-state index in [1.165, 1.54) is 6.07 Å². The standard InChI is InChI=1S/C20H26N2O4S/c1-5-20(23)22-16-10-11-19(15(3)12-16)27(24,25)21-13-18(26-4)17-9-7-6-8-14(17)2/h6-12,18,21H,5,13H2,1-4H3,(H,22,23). The summed E-state index contributed by atoms with van der Waals surface area (Å²) in [4.78, 5) is 11.7. The van der Waals surface area contributed by atoms with Crippen LogP contribution in [0.4, 0.5) is 5.69 Å². The average Bonchev–Trinajstić information content (AvgIpc) is 2.63. The van der Waals surface area contributed by atoms with E-state index in [0.717, 1.165) is 11.1 Å². The Kier molecular flexibility index (Phi) is 7.12. The van der Waals surface area contributed by atoms with Crippen molar-refractivity contribution in [2.45, 2.75) is 38.2 Å². The fraction of sp³-hybridized carbons (Fsp3) is 0.350. The normalized spacial score (nSPS) is 12.6. The van der Waals surface area contributed by atoms with Crippen molar-refractivity contribution in [2.75, 3.05) is 19.0 Å². The van der Waals surface area contributed by atoms with Crippen LogP contribution in [0.2, 0.25) is 0 Å². The number of nitrogens with one attached hydrogen (secondary N) is 2. The minimum absolute atomic E-state index is 0.121. The molecule has 0 heterocycles. The SMILES string of the molecule is CCC(=O)Nc1ccc(S(=O)(=O)NCC(OC)c2ccccc2C)c(C)c1. The summed E-state index contributed by atoms with van der Waals surface area (Å²) >= 11 is 0. The summed E-state index contributed by atoms with van der Waals surface area (Å²) in [6, 6.07) is 12.5. The highest BCUT2D eigenvalue weighted by molar-refractivity contribution is 7.89. The lowest BCUT2D eigenvalue weighted by atomic mass is 10.0. The molecule has 0 spiro atoms. The lowest BCUT2D eigenvalue weighted by Crippen LogP contribution is -2.30. The number of sulfonamides is 1. The third kappa shape index (κ3) is 5.38. The molecule has 0 aliphatic rings. The molecule has 6 nitrogen and oxygen atoms in total. The number of hydrogen-bond acceptors (Lipinski definition) is 4. The third-order valence-corrected chi connectivity index (χ3v) is 5.93. The van der Waals surface area contributed by atoms with Gasteiger partial charge in [-0.15, -0.1) is 0 Å². The van der Waals surface area contributed by atoms with Gasteiger partial charge in [-0.05, 0) is 48.7 Å². The molecule has 1 unspecified atom stereocenters. The van der Waals surface area contributed by atoms with Crippen molar-refractivity contribution in [1.82, 2.24) is 4.72 Å². The van der Waals surface area contributed by atoms with E-state index in [1.807, 2.05) is 31.2 Å². The molecule has 146 valence electrons. The molecule has 27 heavy (non-hydrogen) atoms. The number of hydrogen-bond donors (Lipinski definition) is 2. The molecule has 0 aliphatic carbocycles. The molecule has 0 aliphatic heterocycles. The molecule has 2 N–H and O–H groups in total. The number of aryl methyl sites for hydroxylation is 2. The van der Waals surface area contributed by atoms with Crippen LogP contribution in [0.3, 0.4) is 0 Å². The molecule has 0 saturated heterocycles. The smallest absolute Gasteiger partial charge is 0.240 e. The Balaban J connectivity index is 2.16. The number of ether oxygens (including phenoxy) is 1. The van der Waals surface area contributed by atoms with Gasteiger partial charge in [0, 0.05) is 25.8 Å². The van der Waals surface area contributed by atoms with Crippen molar-refractivity contribution >= 4 is 21.6 Å². The number of rotatable bonds is 8. The number of amides is 1. The van der Waals surface area contributed by atoms with Gasteiger partial charge in [0.15, 0.2) is 0 Å². The molecule has 0 saturated carbocycles. The zero-order chi connectivity index (χ0) is 20.0. The Morgan fingerprint density at radius 1 is 1.11 bits per heavy atom. The Morgan fingerprint density at radius 2 is 1.81 bits per heavy atom. The first-order chi connectivity index (χ1) is 12.8. The highest BCUT2D eigenvalue weighted by Gasteiger charge is 2.21. The van der Waals surface area contributed by atoms with E-state index >= 15 is 0 Å². The van der Waals surface area contributed by atoms with Gasteiger partial charge in [0.05, 0.1) is 11.0 Å². The van der Waals surface area contributed by atoms with E-state index in [1.54, 1.807) is 33.1 Å². The largest absolute Gasteiger partial charge is 0.375 e. The molecule has 0 bridgehead atoms. The summed E-state index contributed by atoms with van der Waals surface area (Å²) < 4.78 is 33.6. The summed E-state index contributed by atoms with van der Waals surface area (Å²) in [6.07, 6.45) is -0.0257. The number of benzene rings is 2. The fourth-order valence-electron chi connectivity index (χ4n) is 2.81. The van der Waals surface area contributed by atoms with E-state index in [4.69, 9.17) is 4.74 Å². The highest BCUT2D eigenvalue weighted by atomic mass is 32.2. The molecule has 0 aromatic heterocycles. The van der Waals surface area contributed by atoms with Crippen molar-refractivity contribution in [3.05, 3.63) is 59.2 Å². The van der Waals surface area contributed by atoms with Crippen LogP contribution in [0.5, 0.6) is 0 Å². The zero-order valence-corrected chi connectivity index (χ0v) is 16.9. The van der Waals surface area contributed by atoms with Gasteiger partial charge in [0.2, 0.25) is 15.9 Å². The van der Waals surface area contributed by atoms with Gasteiger partial charge in [-0.25, -0.2) is 13.1 Å². The lowest BCUT2D eigenvalue weighted by molar-refractivity contribution is -0.115. The summed E-state index contributed by atoms with van der Waals surface area (Å²) in [5, 5.41) is 2.72. The molecular weight excluding hydrogens is 364 g/mol. The maximum absolute atomic E-state index is 12.7. The molecule has 0 fully saturated rings. The van der Waals surface area contributed by atoms with E-state index in [0.29, 0.717) is 17.7 Å². The van der Waals surface area contributed by atoms with Gasteiger partial charge in [-0.1, -0.05) is 31.2 Å². The molecule has 1 amide bonds. The fourth-order valence-corrected chi connectivity index (χ4v) is 4.07. The van der Waals surface area contributed by atoms with Crippen molar-refractivity contribution in [1.29, 1.82) is 0 Å². The molecule has 2 aromatic rings. The number of carbonyl (C=O) groups is 1. The Bertz CT molecular complexity index is 910. The Labute approximate surface area is 161 Å². The van der Waals surface area contributed by atoms with Gasteiger partial charge in [-0.2, -0.15) is 0 Å². The zero-order valence-electron chi connectivity index (χ0n) is 16.1. The summed E-state index contributed by atoms with van der Waals surface area (Å²) in [6.45, 7) is 5.54. The quantitative estimate of drug-likeness (QED) is 0.724. The van der Waals surface area contributed by atoms with Crippen LogP contribution in [-0.2, 0) is 19.6 Å². The van der Waals surface area contributed by atoms with Crippen molar-refractivity contribution < 1.29 is 17.9 Å². The van der Waals surface area contributed by atoms with E-state index < -0.39 is 10.0 Å². The third-order valence-electron chi connectivity index (χ3n) is 4.35. The van der Waals surface area contributed by atoms with Gasteiger partial charge in [0.1, 0.15) is 0 Å². The van der Waals surface area contributed by atoms with Crippen LogP contribution in [0, 0.1) is 13.8 Å². The number of carbonyl (C=O) groups excluding carboxylic acids is 1. The second-order valence-corrected chi connectivity index (χ2v) is 8.05. The van der Waals surface area contributed by atoms with E-state index in [2.05, 4.69) is 10.0 Å². The Hall–Kier alpha value is -2.22. The Morgan fingerprint density at radius 3 is 2.41 bits per heavy atom. The summed E-state index contributed by atoms with van der Waals surface area (Å²) in [5.41, 5.74) is 3.11. The minimum Gasteiger partial charge on any atom is -0.375 e. The molecule has 2 aromatic carbocycles. The van der Waals surface area contributed by atoms with Crippen LogP contribution in [0.15, 0.2) is 47.4 Å². The summed E-state index contributed by atoms with van der Waals surface area (Å²) in [5.74, 6) is -0.121. The number of anilines is 1. The second-order valence-electron chi connectivity index (χ2n) is 6.31. The monoisotopic (exact) mass is 390 g/mol. The van der Waals surface area contributed by atoms with Crippen molar-refractivity contribution in [3.8, 4) is 0 Å². The van der Waals surface area contributed by atoms with Crippen molar-refractivity contribution in [3.63, 3.8) is 0 Å².